The van der Waals surface area contributed by atoms with E-state index in [0.29, 0.717) is 6.61 Å². The Balaban J connectivity index is 2.13. The minimum atomic E-state index is -0.422. The molecule has 1 aliphatic rings. The standard InChI is InChI=1S/C14H20N2O2/c1-9(15)14(2,3)16-13(17)11-8-18-12-7-5-4-6-10(11)12/h4-7,9,11H,8,15H2,1-3H3,(H,16,17). The number of nitrogens with one attached hydrogen (secondary N) is 1. The first-order chi connectivity index (χ1) is 8.42. The van der Waals surface area contributed by atoms with Gasteiger partial charge in [0.15, 0.2) is 0 Å². The molecule has 1 amide bonds. The highest BCUT2D eigenvalue weighted by atomic mass is 16.5. The van der Waals surface area contributed by atoms with Gasteiger partial charge in [0.25, 0.3) is 0 Å². The summed E-state index contributed by atoms with van der Waals surface area (Å²) in [7, 11) is 0. The van der Waals surface area contributed by atoms with Crippen molar-refractivity contribution in [1.82, 2.24) is 5.32 Å². The third kappa shape index (κ3) is 2.34. The first-order valence-electron chi connectivity index (χ1n) is 6.21. The second-order valence-corrected chi connectivity index (χ2v) is 5.40. The molecule has 18 heavy (non-hydrogen) atoms. The van der Waals surface area contributed by atoms with Crippen LogP contribution in [0.15, 0.2) is 24.3 Å². The number of hydrogen-bond donors (Lipinski definition) is 2. The van der Waals surface area contributed by atoms with Crippen molar-refractivity contribution in [2.45, 2.75) is 38.3 Å². The van der Waals surface area contributed by atoms with Gasteiger partial charge in [-0.2, -0.15) is 0 Å². The number of hydrogen-bond acceptors (Lipinski definition) is 3. The number of fused-ring (bicyclic) bond motifs is 1. The molecule has 3 N–H and O–H groups in total. The molecule has 2 unspecified atom stereocenters. The van der Waals surface area contributed by atoms with Gasteiger partial charge >= 0.3 is 0 Å². The molecular formula is C14H20N2O2. The Morgan fingerprint density at radius 3 is 2.83 bits per heavy atom. The number of carbonyl (C=O) groups excluding carboxylic acids is 1. The Morgan fingerprint density at radius 2 is 2.17 bits per heavy atom. The van der Waals surface area contributed by atoms with Crippen molar-refractivity contribution in [2.75, 3.05) is 6.61 Å². The third-order valence-corrected chi connectivity index (χ3v) is 3.60. The maximum atomic E-state index is 12.3. The molecule has 1 aliphatic heterocycles. The lowest BCUT2D eigenvalue weighted by Crippen LogP contribution is -2.55. The minimum Gasteiger partial charge on any atom is -0.492 e. The van der Waals surface area contributed by atoms with Crippen molar-refractivity contribution >= 4 is 5.91 Å². The lowest BCUT2D eigenvalue weighted by atomic mass is 9.94. The van der Waals surface area contributed by atoms with Gasteiger partial charge in [0.2, 0.25) is 5.91 Å². The molecule has 1 aromatic carbocycles. The van der Waals surface area contributed by atoms with E-state index >= 15 is 0 Å². The Labute approximate surface area is 108 Å². The van der Waals surface area contributed by atoms with E-state index in [1.165, 1.54) is 0 Å². The molecule has 2 rings (SSSR count). The maximum Gasteiger partial charge on any atom is 0.231 e. The predicted octanol–water partition coefficient (Wildman–Crippen LogP) is 1.40. The van der Waals surface area contributed by atoms with Gasteiger partial charge in [-0.3, -0.25) is 4.79 Å². The number of ether oxygens (including phenoxy) is 1. The molecular weight excluding hydrogens is 228 g/mol. The minimum absolute atomic E-state index is 0.0257. The SMILES string of the molecule is CC(N)C(C)(C)NC(=O)C1COc2ccccc21. The number of nitrogens with two attached hydrogens (primary N) is 1. The fourth-order valence-electron chi connectivity index (χ4n) is 1.90. The smallest absolute Gasteiger partial charge is 0.231 e. The Hall–Kier alpha value is -1.55. The summed E-state index contributed by atoms with van der Waals surface area (Å²) in [5.74, 6) is 0.540. The molecule has 0 spiro atoms. The van der Waals surface area contributed by atoms with E-state index in [0.717, 1.165) is 11.3 Å². The fourth-order valence-corrected chi connectivity index (χ4v) is 1.90. The molecule has 0 radical (unpaired) electrons. The zero-order chi connectivity index (χ0) is 13.3. The third-order valence-electron chi connectivity index (χ3n) is 3.60. The summed E-state index contributed by atoms with van der Waals surface area (Å²) >= 11 is 0. The number of rotatable bonds is 3. The van der Waals surface area contributed by atoms with Crippen LogP contribution in [-0.2, 0) is 4.79 Å². The second kappa shape index (κ2) is 4.61. The molecule has 0 aliphatic carbocycles. The Morgan fingerprint density at radius 1 is 1.50 bits per heavy atom. The first kappa shape index (κ1) is 12.9. The molecule has 0 fully saturated rings. The van der Waals surface area contributed by atoms with E-state index in [-0.39, 0.29) is 17.9 Å². The van der Waals surface area contributed by atoms with Gasteiger partial charge in [0.05, 0.1) is 0 Å². The van der Waals surface area contributed by atoms with E-state index in [4.69, 9.17) is 10.5 Å². The Bertz CT molecular complexity index is 455. The first-order valence-corrected chi connectivity index (χ1v) is 6.21. The van der Waals surface area contributed by atoms with E-state index in [1.54, 1.807) is 0 Å². The highest BCUT2D eigenvalue weighted by Crippen LogP contribution is 2.33. The number of amides is 1. The van der Waals surface area contributed by atoms with Crippen molar-refractivity contribution < 1.29 is 9.53 Å². The summed E-state index contributed by atoms with van der Waals surface area (Å²) in [6.45, 7) is 6.15. The molecule has 1 heterocycles. The largest absolute Gasteiger partial charge is 0.492 e. The molecule has 1 aromatic rings. The van der Waals surface area contributed by atoms with E-state index < -0.39 is 5.54 Å². The highest BCUT2D eigenvalue weighted by Gasteiger charge is 2.34. The van der Waals surface area contributed by atoms with Gasteiger partial charge < -0.3 is 15.8 Å². The topological polar surface area (TPSA) is 64.3 Å². The van der Waals surface area contributed by atoms with E-state index in [1.807, 2.05) is 45.0 Å². The average Bonchev–Trinajstić information content (AvgIpc) is 2.71. The molecule has 98 valence electrons. The van der Waals surface area contributed by atoms with Crippen LogP contribution < -0.4 is 15.8 Å². The van der Waals surface area contributed by atoms with Crippen molar-refractivity contribution in [2.24, 2.45) is 5.73 Å². The zero-order valence-electron chi connectivity index (χ0n) is 11.1. The fraction of sp³-hybridized carbons (Fsp3) is 0.500. The summed E-state index contributed by atoms with van der Waals surface area (Å²) < 4.78 is 5.52. The van der Waals surface area contributed by atoms with Crippen molar-refractivity contribution in [3.8, 4) is 5.75 Å². The monoisotopic (exact) mass is 248 g/mol. The number of para-hydroxylation sites is 1. The predicted molar refractivity (Wildman–Crippen MR) is 70.5 cm³/mol. The normalized spacial score (nSPS) is 19.9. The molecule has 0 saturated heterocycles. The van der Waals surface area contributed by atoms with E-state index in [2.05, 4.69) is 5.32 Å². The molecule has 4 nitrogen and oxygen atoms in total. The van der Waals surface area contributed by atoms with Crippen LogP contribution in [0.5, 0.6) is 5.75 Å². The average molecular weight is 248 g/mol. The van der Waals surface area contributed by atoms with Crippen LogP contribution in [0.1, 0.15) is 32.3 Å². The quantitative estimate of drug-likeness (QED) is 0.850. The molecule has 0 aromatic heterocycles. The van der Waals surface area contributed by atoms with Crippen LogP contribution in [-0.4, -0.2) is 24.1 Å². The van der Waals surface area contributed by atoms with Crippen molar-refractivity contribution in [1.29, 1.82) is 0 Å². The van der Waals surface area contributed by atoms with Crippen LogP contribution in [0.3, 0.4) is 0 Å². The summed E-state index contributed by atoms with van der Waals surface area (Å²) in [6, 6.07) is 7.54. The summed E-state index contributed by atoms with van der Waals surface area (Å²) in [6.07, 6.45) is 0. The van der Waals surface area contributed by atoms with Crippen LogP contribution in [0.2, 0.25) is 0 Å². The van der Waals surface area contributed by atoms with Crippen molar-refractivity contribution in [3.05, 3.63) is 29.8 Å². The maximum absolute atomic E-state index is 12.3. The highest BCUT2D eigenvalue weighted by molar-refractivity contribution is 5.86. The molecule has 4 heteroatoms. The van der Waals surface area contributed by atoms with E-state index in [9.17, 15) is 4.79 Å². The van der Waals surface area contributed by atoms with Gasteiger partial charge in [-0.1, -0.05) is 18.2 Å². The van der Waals surface area contributed by atoms with Gasteiger partial charge in [-0.15, -0.1) is 0 Å². The van der Waals surface area contributed by atoms with Crippen LogP contribution >= 0.6 is 0 Å². The summed E-state index contributed by atoms with van der Waals surface area (Å²) in [5.41, 5.74) is 6.40. The van der Waals surface area contributed by atoms with Crippen LogP contribution in [0.25, 0.3) is 0 Å². The van der Waals surface area contributed by atoms with Crippen LogP contribution in [0, 0.1) is 0 Å². The summed E-state index contributed by atoms with van der Waals surface area (Å²) in [4.78, 5) is 12.3. The van der Waals surface area contributed by atoms with Crippen molar-refractivity contribution in [3.63, 3.8) is 0 Å². The second-order valence-electron chi connectivity index (χ2n) is 5.40. The van der Waals surface area contributed by atoms with Gasteiger partial charge in [0.1, 0.15) is 18.3 Å². The van der Waals surface area contributed by atoms with Gasteiger partial charge in [-0.25, -0.2) is 0 Å². The van der Waals surface area contributed by atoms with Gasteiger partial charge in [-0.05, 0) is 26.8 Å². The van der Waals surface area contributed by atoms with Gasteiger partial charge in [0, 0.05) is 17.1 Å². The van der Waals surface area contributed by atoms with Crippen LogP contribution in [0.4, 0.5) is 0 Å². The molecule has 2 atom stereocenters. The number of benzene rings is 1. The Kier molecular flexibility index (Phi) is 3.30. The lowest BCUT2D eigenvalue weighted by Gasteiger charge is -2.31. The zero-order valence-corrected chi connectivity index (χ0v) is 11.1. The molecule has 0 saturated carbocycles. The summed E-state index contributed by atoms with van der Waals surface area (Å²) in [5, 5.41) is 2.99. The number of carbonyl (C=O) groups is 1. The lowest BCUT2D eigenvalue weighted by molar-refractivity contribution is -0.124. The molecule has 0 bridgehead atoms.